The molecule has 1 unspecified atom stereocenters. The molecule has 0 spiro atoms. The molecule has 6 heteroatoms. The number of benzene rings is 2. The van der Waals surface area contributed by atoms with Crippen molar-refractivity contribution in [3.05, 3.63) is 75.7 Å². The van der Waals surface area contributed by atoms with E-state index in [2.05, 4.69) is 17.1 Å². The van der Waals surface area contributed by atoms with E-state index in [9.17, 15) is 4.79 Å². The summed E-state index contributed by atoms with van der Waals surface area (Å²) in [5.74, 6) is 1.51. The molecular weight excluding hydrogens is 372 g/mol. The summed E-state index contributed by atoms with van der Waals surface area (Å²) in [7, 11) is 1.83. The Kier molecular flexibility index (Phi) is 5.30. The summed E-state index contributed by atoms with van der Waals surface area (Å²) in [5, 5.41) is 2.96. The van der Waals surface area contributed by atoms with Gasteiger partial charge in [0.2, 0.25) is 12.7 Å². The summed E-state index contributed by atoms with van der Waals surface area (Å²) < 4.78 is 11.0. The van der Waals surface area contributed by atoms with Crippen LogP contribution in [0, 0.1) is 6.92 Å². The number of thiazole rings is 1. The van der Waals surface area contributed by atoms with Crippen LogP contribution in [0.3, 0.4) is 0 Å². The van der Waals surface area contributed by atoms with Crippen molar-refractivity contribution in [1.82, 2.24) is 9.88 Å². The second-order valence-electron chi connectivity index (χ2n) is 6.91. The number of carbonyl (C=O) groups is 1. The topological polar surface area (TPSA) is 51.7 Å². The van der Waals surface area contributed by atoms with Crippen LogP contribution in [0.4, 0.5) is 0 Å². The van der Waals surface area contributed by atoms with Crippen LogP contribution in [-0.2, 0) is 11.3 Å². The minimum Gasteiger partial charge on any atom is -0.454 e. The highest BCUT2D eigenvalue weighted by Gasteiger charge is 2.23. The van der Waals surface area contributed by atoms with E-state index in [1.165, 1.54) is 0 Å². The normalized spacial score (nSPS) is 13.4. The Balaban J connectivity index is 1.56. The van der Waals surface area contributed by atoms with Crippen molar-refractivity contribution < 1.29 is 14.3 Å². The van der Waals surface area contributed by atoms with Crippen molar-refractivity contribution in [3.8, 4) is 11.5 Å². The maximum atomic E-state index is 13.0. The van der Waals surface area contributed by atoms with Crippen molar-refractivity contribution in [2.24, 2.45) is 0 Å². The molecule has 1 amide bonds. The molecule has 2 aromatic carbocycles. The number of hydrogen-bond acceptors (Lipinski definition) is 5. The zero-order chi connectivity index (χ0) is 19.5. The molecule has 2 heterocycles. The predicted octanol–water partition coefficient (Wildman–Crippen LogP) is 4.36. The van der Waals surface area contributed by atoms with E-state index in [4.69, 9.17) is 9.47 Å². The summed E-state index contributed by atoms with van der Waals surface area (Å²) in [6, 6.07) is 16.0. The first-order valence-corrected chi connectivity index (χ1v) is 10.1. The monoisotopic (exact) mass is 394 g/mol. The summed E-state index contributed by atoms with van der Waals surface area (Å²) in [4.78, 5) is 19.2. The fraction of sp³-hybridized carbons (Fsp3) is 0.273. The van der Waals surface area contributed by atoms with Crippen LogP contribution in [0.15, 0.2) is 53.9 Å². The van der Waals surface area contributed by atoms with Gasteiger partial charge in [-0.05, 0) is 30.2 Å². The van der Waals surface area contributed by atoms with Crippen molar-refractivity contribution in [2.45, 2.75) is 25.8 Å². The minimum atomic E-state index is -0.0521. The first kappa shape index (κ1) is 18.5. The molecule has 0 saturated heterocycles. The lowest BCUT2D eigenvalue weighted by molar-refractivity contribution is -0.130. The maximum absolute atomic E-state index is 13.0. The fourth-order valence-corrected chi connectivity index (χ4v) is 4.16. The molecule has 144 valence electrons. The Bertz CT molecular complexity index is 971. The van der Waals surface area contributed by atoms with Crippen LogP contribution >= 0.6 is 11.3 Å². The van der Waals surface area contributed by atoms with Gasteiger partial charge in [-0.15, -0.1) is 11.3 Å². The summed E-state index contributed by atoms with van der Waals surface area (Å²) in [6.07, 6.45) is 0.379. The highest BCUT2D eigenvalue weighted by molar-refractivity contribution is 7.09. The van der Waals surface area contributed by atoms with E-state index < -0.39 is 0 Å². The van der Waals surface area contributed by atoms with Gasteiger partial charge in [0.25, 0.3) is 0 Å². The van der Waals surface area contributed by atoms with Crippen LogP contribution in [0.5, 0.6) is 11.5 Å². The van der Waals surface area contributed by atoms with Gasteiger partial charge in [-0.25, -0.2) is 4.98 Å². The van der Waals surface area contributed by atoms with Gasteiger partial charge >= 0.3 is 0 Å². The second kappa shape index (κ2) is 8.02. The number of aryl methyl sites for hydroxylation is 1. The van der Waals surface area contributed by atoms with Gasteiger partial charge in [0.05, 0.1) is 6.54 Å². The lowest BCUT2D eigenvalue weighted by Gasteiger charge is -2.22. The molecular formula is C22H22N2O3S. The lowest BCUT2D eigenvalue weighted by atomic mass is 9.88. The number of nitrogens with zero attached hydrogens (tertiary/aromatic N) is 2. The summed E-state index contributed by atoms with van der Waals surface area (Å²) >= 11 is 1.58. The maximum Gasteiger partial charge on any atom is 0.231 e. The van der Waals surface area contributed by atoms with Crippen LogP contribution < -0.4 is 9.47 Å². The number of amides is 1. The van der Waals surface area contributed by atoms with Crippen molar-refractivity contribution in [1.29, 1.82) is 0 Å². The van der Waals surface area contributed by atoms with Crippen molar-refractivity contribution in [3.63, 3.8) is 0 Å². The molecule has 3 aromatic rings. The van der Waals surface area contributed by atoms with Crippen LogP contribution in [0.1, 0.15) is 34.2 Å². The van der Waals surface area contributed by atoms with Gasteiger partial charge in [-0.3, -0.25) is 4.79 Å². The predicted molar refractivity (Wildman–Crippen MR) is 109 cm³/mol. The Labute approximate surface area is 168 Å². The van der Waals surface area contributed by atoms with Gasteiger partial charge in [-0.2, -0.15) is 0 Å². The van der Waals surface area contributed by atoms with E-state index in [1.54, 1.807) is 16.2 Å². The summed E-state index contributed by atoms with van der Waals surface area (Å²) in [5.41, 5.74) is 3.14. The molecule has 0 bridgehead atoms. The minimum absolute atomic E-state index is 0.0521. The van der Waals surface area contributed by atoms with Crippen LogP contribution in [0.2, 0.25) is 0 Å². The van der Waals surface area contributed by atoms with Gasteiger partial charge in [-0.1, -0.05) is 36.4 Å². The SMILES string of the molecule is Cc1csc(CN(C)C(=O)CC(c2ccccc2)c2ccc3c(c2)OCO3)n1. The van der Waals surface area contributed by atoms with E-state index in [1.807, 2.05) is 55.7 Å². The molecule has 0 radical (unpaired) electrons. The Morgan fingerprint density at radius 2 is 1.93 bits per heavy atom. The Morgan fingerprint density at radius 3 is 2.68 bits per heavy atom. The van der Waals surface area contributed by atoms with E-state index in [0.717, 1.165) is 33.3 Å². The molecule has 1 aliphatic heterocycles. The van der Waals surface area contributed by atoms with E-state index >= 15 is 0 Å². The number of hydrogen-bond donors (Lipinski definition) is 0. The number of aromatic nitrogens is 1. The first-order valence-electron chi connectivity index (χ1n) is 9.19. The standard InChI is InChI=1S/C22H22N2O3S/c1-15-13-28-21(23-15)12-24(2)22(25)11-18(16-6-4-3-5-7-16)17-8-9-19-20(10-17)27-14-26-19/h3-10,13,18H,11-12,14H2,1-2H3. The zero-order valence-corrected chi connectivity index (χ0v) is 16.7. The lowest BCUT2D eigenvalue weighted by Crippen LogP contribution is -2.27. The Morgan fingerprint density at radius 1 is 1.14 bits per heavy atom. The Hall–Kier alpha value is -2.86. The highest BCUT2D eigenvalue weighted by atomic mass is 32.1. The molecule has 0 aliphatic carbocycles. The van der Waals surface area contributed by atoms with E-state index in [-0.39, 0.29) is 18.6 Å². The highest BCUT2D eigenvalue weighted by Crippen LogP contribution is 2.37. The fourth-order valence-electron chi connectivity index (χ4n) is 3.34. The number of fused-ring (bicyclic) bond motifs is 1. The van der Waals surface area contributed by atoms with Crippen molar-refractivity contribution in [2.75, 3.05) is 13.8 Å². The third kappa shape index (κ3) is 4.02. The average molecular weight is 394 g/mol. The molecule has 0 saturated carbocycles. The number of ether oxygens (including phenoxy) is 2. The zero-order valence-electron chi connectivity index (χ0n) is 15.9. The smallest absolute Gasteiger partial charge is 0.231 e. The largest absolute Gasteiger partial charge is 0.454 e. The van der Waals surface area contributed by atoms with Gasteiger partial charge < -0.3 is 14.4 Å². The molecule has 28 heavy (non-hydrogen) atoms. The quantitative estimate of drug-likeness (QED) is 0.623. The number of rotatable bonds is 6. The molecule has 5 nitrogen and oxygen atoms in total. The van der Waals surface area contributed by atoms with Gasteiger partial charge in [0.1, 0.15) is 5.01 Å². The average Bonchev–Trinajstić information content (AvgIpc) is 3.34. The third-order valence-electron chi connectivity index (χ3n) is 4.84. The molecule has 0 N–H and O–H groups in total. The van der Waals surface area contributed by atoms with Crippen LogP contribution in [-0.4, -0.2) is 29.6 Å². The molecule has 1 aromatic heterocycles. The molecule has 1 aliphatic rings. The molecule has 1 atom stereocenters. The van der Waals surface area contributed by atoms with E-state index in [0.29, 0.717) is 13.0 Å². The summed E-state index contributed by atoms with van der Waals surface area (Å²) in [6.45, 7) is 2.73. The molecule has 4 rings (SSSR count). The third-order valence-corrected chi connectivity index (χ3v) is 5.80. The molecule has 0 fully saturated rings. The van der Waals surface area contributed by atoms with Crippen molar-refractivity contribution >= 4 is 17.2 Å². The van der Waals surface area contributed by atoms with Crippen LogP contribution in [0.25, 0.3) is 0 Å². The second-order valence-corrected chi connectivity index (χ2v) is 7.86. The van der Waals surface area contributed by atoms with Gasteiger partial charge in [0, 0.05) is 30.5 Å². The first-order chi connectivity index (χ1) is 13.6. The number of carbonyl (C=O) groups excluding carboxylic acids is 1. The van der Waals surface area contributed by atoms with Gasteiger partial charge in [0.15, 0.2) is 11.5 Å².